The van der Waals surface area contributed by atoms with Crippen molar-refractivity contribution in [2.24, 2.45) is 4.99 Å². The predicted molar refractivity (Wildman–Crippen MR) is 43.5 cm³/mol. The molecule has 0 heterocycles. The van der Waals surface area contributed by atoms with E-state index in [2.05, 4.69) is 4.99 Å². The molecule has 0 radical (unpaired) electrons. The molecule has 0 aliphatic rings. The van der Waals surface area contributed by atoms with Crippen molar-refractivity contribution in [1.82, 2.24) is 0 Å². The van der Waals surface area contributed by atoms with E-state index in [-0.39, 0.29) is 5.69 Å². The van der Waals surface area contributed by atoms with Gasteiger partial charge >= 0.3 is 0 Å². The molecule has 0 fully saturated rings. The summed E-state index contributed by atoms with van der Waals surface area (Å²) in [6.45, 7) is 1.72. The molecule has 1 aromatic rings. The van der Waals surface area contributed by atoms with E-state index in [0.29, 0.717) is 18.1 Å². The highest BCUT2D eigenvalue weighted by Gasteiger charge is 2.08. The summed E-state index contributed by atoms with van der Waals surface area (Å²) >= 11 is 0. The number of aryl methyl sites for hydroxylation is 1. The van der Waals surface area contributed by atoms with Gasteiger partial charge in [-0.3, -0.25) is 0 Å². The summed E-state index contributed by atoms with van der Waals surface area (Å²) in [6, 6.07) is 1.84. The number of aliphatic imine (C=N–C) groups is 1. The standard InChI is InChI=1S/C9H7F2NO/c1-2-6-3-7(10)4-8(11)9(6)12-5-13/h3-4H,2H2,1H3. The smallest absolute Gasteiger partial charge is 0.211 e. The summed E-state index contributed by atoms with van der Waals surface area (Å²) in [5.41, 5.74) is 0.236. The summed E-state index contributed by atoms with van der Waals surface area (Å²) < 4.78 is 25.6. The van der Waals surface area contributed by atoms with Gasteiger partial charge in [0.25, 0.3) is 0 Å². The average molecular weight is 183 g/mol. The van der Waals surface area contributed by atoms with Crippen LogP contribution in [0.5, 0.6) is 0 Å². The summed E-state index contributed by atoms with van der Waals surface area (Å²) in [4.78, 5) is 13.1. The Kier molecular flexibility index (Phi) is 2.88. The minimum Gasteiger partial charge on any atom is -0.211 e. The van der Waals surface area contributed by atoms with Gasteiger partial charge in [0.1, 0.15) is 11.5 Å². The van der Waals surface area contributed by atoms with Crippen LogP contribution < -0.4 is 0 Å². The molecule has 4 heteroatoms. The molecule has 0 N–H and O–H groups in total. The second-order valence-electron chi connectivity index (χ2n) is 2.45. The zero-order valence-electron chi connectivity index (χ0n) is 6.97. The lowest BCUT2D eigenvalue weighted by Crippen LogP contribution is -1.88. The van der Waals surface area contributed by atoms with Crippen molar-refractivity contribution >= 4 is 11.8 Å². The van der Waals surface area contributed by atoms with E-state index in [1.165, 1.54) is 6.08 Å². The van der Waals surface area contributed by atoms with Crippen LogP contribution in [0.4, 0.5) is 14.5 Å². The monoisotopic (exact) mass is 183 g/mol. The third kappa shape index (κ3) is 1.98. The molecule has 0 saturated carbocycles. The Labute approximate surface area is 73.9 Å². The van der Waals surface area contributed by atoms with Crippen molar-refractivity contribution < 1.29 is 13.6 Å². The van der Waals surface area contributed by atoms with Gasteiger partial charge < -0.3 is 0 Å². The Hall–Kier alpha value is -1.54. The fourth-order valence-electron chi connectivity index (χ4n) is 1.06. The van der Waals surface area contributed by atoms with E-state index in [0.717, 1.165) is 6.07 Å². The van der Waals surface area contributed by atoms with E-state index in [9.17, 15) is 13.6 Å². The van der Waals surface area contributed by atoms with Gasteiger partial charge in [-0.1, -0.05) is 6.92 Å². The zero-order chi connectivity index (χ0) is 9.84. The van der Waals surface area contributed by atoms with Crippen LogP contribution in [0.1, 0.15) is 12.5 Å². The molecule has 0 aliphatic heterocycles. The summed E-state index contributed by atoms with van der Waals surface area (Å²) in [5, 5.41) is 0. The van der Waals surface area contributed by atoms with Gasteiger partial charge in [-0.15, -0.1) is 0 Å². The Bertz CT molecular complexity index is 370. The van der Waals surface area contributed by atoms with Crippen LogP contribution in [-0.2, 0) is 11.2 Å². The molecular weight excluding hydrogens is 176 g/mol. The Balaban J connectivity index is 3.37. The first-order valence-electron chi connectivity index (χ1n) is 3.74. The highest BCUT2D eigenvalue weighted by Crippen LogP contribution is 2.24. The topological polar surface area (TPSA) is 29.4 Å². The average Bonchev–Trinajstić information content (AvgIpc) is 2.09. The van der Waals surface area contributed by atoms with Gasteiger partial charge in [0.15, 0.2) is 5.82 Å². The van der Waals surface area contributed by atoms with Gasteiger partial charge in [0.05, 0.1) is 0 Å². The molecule has 0 aliphatic carbocycles. The largest absolute Gasteiger partial charge is 0.240 e. The van der Waals surface area contributed by atoms with E-state index < -0.39 is 11.6 Å². The Morgan fingerprint density at radius 2 is 2.15 bits per heavy atom. The molecule has 0 amide bonds. The fourth-order valence-corrected chi connectivity index (χ4v) is 1.06. The predicted octanol–water partition coefficient (Wildman–Crippen LogP) is 2.49. The molecule has 0 atom stereocenters. The normalized spacial score (nSPS) is 9.46. The number of isocyanates is 1. The van der Waals surface area contributed by atoms with Crippen LogP contribution in [0.15, 0.2) is 17.1 Å². The van der Waals surface area contributed by atoms with Crippen LogP contribution >= 0.6 is 0 Å². The van der Waals surface area contributed by atoms with Crippen molar-refractivity contribution in [1.29, 1.82) is 0 Å². The SMILES string of the molecule is CCc1cc(F)cc(F)c1N=C=O. The van der Waals surface area contributed by atoms with E-state index in [4.69, 9.17) is 0 Å². The zero-order valence-corrected chi connectivity index (χ0v) is 6.97. The van der Waals surface area contributed by atoms with E-state index in [1.807, 2.05) is 0 Å². The number of hydrogen-bond acceptors (Lipinski definition) is 2. The molecule has 2 nitrogen and oxygen atoms in total. The fraction of sp³-hybridized carbons (Fsp3) is 0.222. The highest BCUT2D eigenvalue weighted by atomic mass is 19.1. The summed E-state index contributed by atoms with van der Waals surface area (Å²) in [6.07, 6.45) is 1.64. The maximum atomic E-state index is 13.0. The molecule has 0 aromatic heterocycles. The molecule has 68 valence electrons. The molecule has 0 bridgehead atoms. The number of carbonyl (C=O) groups excluding carboxylic acids is 1. The van der Waals surface area contributed by atoms with Crippen molar-refractivity contribution in [2.45, 2.75) is 13.3 Å². The number of halogens is 2. The molecule has 1 rings (SSSR count). The van der Waals surface area contributed by atoms with Crippen molar-refractivity contribution in [3.63, 3.8) is 0 Å². The quantitative estimate of drug-likeness (QED) is 0.511. The minimum absolute atomic E-state index is 0.126. The number of hydrogen-bond donors (Lipinski definition) is 0. The Morgan fingerprint density at radius 3 is 2.69 bits per heavy atom. The van der Waals surface area contributed by atoms with Crippen LogP contribution in [0, 0.1) is 11.6 Å². The van der Waals surface area contributed by atoms with Crippen LogP contribution in [0.3, 0.4) is 0 Å². The first-order valence-corrected chi connectivity index (χ1v) is 3.74. The minimum atomic E-state index is -0.833. The van der Waals surface area contributed by atoms with Gasteiger partial charge in [-0.25, -0.2) is 13.6 Å². The lowest BCUT2D eigenvalue weighted by atomic mass is 10.1. The van der Waals surface area contributed by atoms with E-state index >= 15 is 0 Å². The second kappa shape index (κ2) is 3.92. The Morgan fingerprint density at radius 1 is 1.46 bits per heavy atom. The van der Waals surface area contributed by atoms with Gasteiger partial charge in [-0.2, -0.15) is 4.99 Å². The van der Waals surface area contributed by atoms with Crippen molar-refractivity contribution in [3.8, 4) is 0 Å². The van der Waals surface area contributed by atoms with Crippen molar-refractivity contribution in [3.05, 3.63) is 29.3 Å². The van der Waals surface area contributed by atoms with E-state index in [1.54, 1.807) is 6.92 Å². The van der Waals surface area contributed by atoms with Gasteiger partial charge in [0.2, 0.25) is 6.08 Å². The van der Waals surface area contributed by atoms with Crippen LogP contribution in [0.25, 0.3) is 0 Å². The third-order valence-corrected chi connectivity index (χ3v) is 1.65. The number of nitrogens with zero attached hydrogens (tertiary/aromatic N) is 1. The lowest BCUT2D eigenvalue weighted by Gasteiger charge is -2.02. The van der Waals surface area contributed by atoms with Crippen LogP contribution in [0.2, 0.25) is 0 Å². The highest BCUT2D eigenvalue weighted by molar-refractivity contribution is 5.54. The van der Waals surface area contributed by atoms with Gasteiger partial charge in [-0.05, 0) is 18.1 Å². The number of benzene rings is 1. The molecular formula is C9H7F2NO. The summed E-state index contributed by atoms with van der Waals surface area (Å²) in [7, 11) is 0. The summed E-state index contributed by atoms with van der Waals surface area (Å²) in [5.74, 6) is -1.50. The maximum absolute atomic E-state index is 13.0. The molecule has 13 heavy (non-hydrogen) atoms. The van der Waals surface area contributed by atoms with Crippen LogP contribution in [-0.4, -0.2) is 6.08 Å². The molecule has 0 saturated heterocycles. The first kappa shape index (κ1) is 9.55. The third-order valence-electron chi connectivity index (χ3n) is 1.65. The molecule has 0 unspecified atom stereocenters. The maximum Gasteiger partial charge on any atom is 0.240 e. The van der Waals surface area contributed by atoms with Gasteiger partial charge in [0, 0.05) is 6.07 Å². The first-order chi connectivity index (χ1) is 6.19. The lowest BCUT2D eigenvalue weighted by molar-refractivity contribution is 0.562. The van der Waals surface area contributed by atoms with Crippen molar-refractivity contribution in [2.75, 3.05) is 0 Å². The number of rotatable bonds is 2. The molecule has 1 aromatic carbocycles. The second-order valence-corrected chi connectivity index (χ2v) is 2.45. The molecule has 0 spiro atoms.